The molecule has 0 amide bonds. The number of ether oxygens (including phenoxy) is 3. The quantitative estimate of drug-likeness (QED) is 0.747. The summed E-state index contributed by atoms with van der Waals surface area (Å²) in [5.41, 5.74) is 0.843. The van der Waals surface area contributed by atoms with Crippen LogP contribution in [0, 0.1) is 0 Å². The zero-order chi connectivity index (χ0) is 15.9. The molecule has 1 aromatic carbocycles. The van der Waals surface area contributed by atoms with Gasteiger partial charge in [-0.3, -0.25) is 0 Å². The number of nitrogens with one attached hydrogen (secondary N) is 1. The van der Waals surface area contributed by atoms with Gasteiger partial charge in [-0.25, -0.2) is 4.79 Å². The maximum atomic E-state index is 11.0. The van der Waals surface area contributed by atoms with E-state index in [1.165, 1.54) is 7.11 Å². The Morgan fingerprint density at radius 1 is 1.24 bits per heavy atom. The van der Waals surface area contributed by atoms with Crippen molar-refractivity contribution in [3.8, 4) is 5.75 Å². The second-order valence-corrected chi connectivity index (χ2v) is 5.60. The Labute approximate surface area is 126 Å². The van der Waals surface area contributed by atoms with Crippen LogP contribution in [0.15, 0.2) is 24.3 Å². The number of hydrogen-bond acceptors (Lipinski definition) is 5. The molecule has 0 radical (unpaired) electrons. The smallest absolute Gasteiger partial charge is 0.343 e. The third-order valence-corrected chi connectivity index (χ3v) is 3.20. The van der Waals surface area contributed by atoms with Gasteiger partial charge < -0.3 is 19.5 Å². The molecule has 0 aliphatic heterocycles. The van der Waals surface area contributed by atoms with Gasteiger partial charge in [0.25, 0.3) is 0 Å². The molecule has 118 valence electrons. The van der Waals surface area contributed by atoms with Crippen LogP contribution in [0.25, 0.3) is 0 Å². The van der Waals surface area contributed by atoms with Crippen molar-refractivity contribution in [3.05, 3.63) is 24.3 Å². The van der Waals surface area contributed by atoms with Crippen LogP contribution in [0.5, 0.6) is 5.75 Å². The molecule has 1 N–H and O–H groups in total. The van der Waals surface area contributed by atoms with Crippen molar-refractivity contribution < 1.29 is 19.0 Å². The number of esters is 1. The average Bonchev–Trinajstić information content (AvgIpc) is 2.45. The predicted molar refractivity (Wildman–Crippen MR) is 82.7 cm³/mol. The normalized spacial score (nSPS) is 12.6. The molecule has 0 aromatic heterocycles. The van der Waals surface area contributed by atoms with Crippen LogP contribution in [0.4, 0.5) is 5.69 Å². The molecule has 1 aromatic rings. The Morgan fingerprint density at radius 2 is 1.86 bits per heavy atom. The van der Waals surface area contributed by atoms with E-state index in [1.54, 1.807) is 7.11 Å². The average molecular weight is 295 g/mol. The fourth-order valence-corrected chi connectivity index (χ4v) is 2.00. The van der Waals surface area contributed by atoms with E-state index in [4.69, 9.17) is 9.47 Å². The summed E-state index contributed by atoms with van der Waals surface area (Å²) in [6, 6.07) is 7.76. The summed E-state index contributed by atoms with van der Waals surface area (Å²) in [4.78, 5) is 11.0. The van der Waals surface area contributed by atoms with E-state index < -0.39 is 5.97 Å². The maximum Gasteiger partial charge on any atom is 0.343 e. The molecule has 0 aliphatic carbocycles. The molecule has 21 heavy (non-hydrogen) atoms. The molecule has 0 saturated heterocycles. The number of hydrogen-bond donors (Lipinski definition) is 1. The number of benzene rings is 1. The molecule has 5 nitrogen and oxygen atoms in total. The lowest BCUT2D eigenvalue weighted by Crippen LogP contribution is -2.31. The molecule has 5 heteroatoms. The first kappa shape index (κ1) is 17.3. The second kappa shape index (κ2) is 7.88. The lowest BCUT2D eigenvalue weighted by Gasteiger charge is -2.27. The summed E-state index contributed by atoms with van der Waals surface area (Å²) in [5.74, 6) is 0.239. The minimum atomic E-state index is -0.396. The van der Waals surface area contributed by atoms with Gasteiger partial charge in [0.15, 0.2) is 6.61 Å². The maximum absolute atomic E-state index is 11.0. The van der Waals surface area contributed by atoms with Crippen molar-refractivity contribution in [2.24, 2.45) is 0 Å². The fraction of sp³-hybridized carbons (Fsp3) is 0.562. The third kappa shape index (κ3) is 6.49. The number of methoxy groups -OCH3 is 2. The highest BCUT2D eigenvalue weighted by Crippen LogP contribution is 2.20. The Balaban J connectivity index is 2.49. The van der Waals surface area contributed by atoms with Crippen LogP contribution in [0.1, 0.15) is 27.2 Å². The van der Waals surface area contributed by atoms with Crippen molar-refractivity contribution in [3.63, 3.8) is 0 Å². The lowest BCUT2D eigenvalue weighted by atomic mass is 10.00. The molecule has 0 fully saturated rings. The highest BCUT2D eigenvalue weighted by molar-refractivity contribution is 5.70. The van der Waals surface area contributed by atoms with Crippen molar-refractivity contribution in [1.29, 1.82) is 0 Å². The molecule has 0 aliphatic rings. The first-order valence-electron chi connectivity index (χ1n) is 6.97. The zero-order valence-corrected chi connectivity index (χ0v) is 13.4. The SMILES string of the molecule is COC(=O)COc1ccc(NC(C)CC(C)(C)OC)cc1. The third-order valence-electron chi connectivity index (χ3n) is 3.20. The molecular weight excluding hydrogens is 270 g/mol. The minimum absolute atomic E-state index is 0.0816. The largest absolute Gasteiger partial charge is 0.482 e. The number of rotatable bonds is 8. The van der Waals surface area contributed by atoms with Crippen LogP contribution in [0.2, 0.25) is 0 Å². The summed E-state index contributed by atoms with van der Waals surface area (Å²) in [5, 5.41) is 3.41. The van der Waals surface area contributed by atoms with Gasteiger partial charge in [-0.2, -0.15) is 0 Å². The number of carbonyl (C=O) groups is 1. The number of anilines is 1. The second-order valence-electron chi connectivity index (χ2n) is 5.60. The van der Waals surface area contributed by atoms with Gasteiger partial charge in [0.05, 0.1) is 12.7 Å². The fourth-order valence-electron chi connectivity index (χ4n) is 2.00. The van der Waals surface area contributed by atoms with E-state index >= 15 is 0 Å². The lowest BCUT2D eigenvalue weighted by molar-refractivity contribution is -0.142. The highest BCUT2D eigenvalue weighted by Gasteiger charge is 2.19. The van der Waals surface area contributed by atoms with E-state index in [9.17, 15) is 4.79 Å². The molecule has 1 unspecified atom stereocenters. The van der Waals surface area contributed by atoms with Gasteiger partial charge in [0.2, 0.25) is 0 Å². The molecule has 1 rings (SSSR count). The van der Waals surface area contributed by atoms with Crippen molar-refractivity contribution in [2.45, 2.75) is 38.8 Å². The van der Waals surface area contributed by atoms with Gasteiger partial charge in [-0.05, 0) is 51.5 Å². The van der Waals surface area contributed by atoms with Crippen LogP contribution in [0.3, 0.4) is 0 Å². The van der Waals surface area contributed by atoms with E-state index in [2.05, 4.69) is 30.8 Å². The topological polar surface area (TPSA) is 56.8 Å². The van der Waals surface area contributed by atoms with Gasteiger partial charge in [0.1, 0.15) is 5.75 Å². The Morgan fingerprint density at radius 3 is 2.38 bits per heavy atom. The standard InChI is InChI=1S/C16H25NO4/c1-12(10-16(2,3)20-5)17-13-6-8-14(9-7-13)21-11-15(18)19-4/h6-9,12,17H,10-11H2,1-5H3. The van der Waals surface area contributed by atoms with E-state index in [-0.39, 0.29) is 18.2 Å². The minimum Gasteiger partial charge on any atom is -0.482 e. The summed E-state index contributed by atoms with van der Waals surface area (Å²) >= 11 is 0. The first-order chi connectivity index (χ1) is 9.86. The van der Waals surface area contributed by atoms with Crippen molar-refractivity contribution >= 4 is 11.7 Å². The summed E-state index contributed by atoms with van der Waals surface area (Å²) in [7, 11) is 3.06. The van der Waals surface area contributed by atoms with E-state index in [0.29, 0.717) is 5.75 Å². The van der Waals surface area contributed by atoms with Gasteiger partial charge in [0, 0.05) is 18.8 Å². The molecular formula is C16H25NO4. The van der Waals surface area contributed by atoms with Crippen LogP contribution >= 0.6 is 0 Å². The summed E-state index contributed by atoms with van der Waals surface area (Å²) in [6.07, 6.45) is 0.893. The van der Waals surface area contributed by atoms with Crippen LogP contribution in [-0.2, 0) is 14.3 Å². The van der Waals surface area contributed by atoms with Gasteiger partial charge in [-0.15, -0.1) is 0 Å². The monoisotopic (exact) mass is 295 g/mol. The molecule has 1 atom stereocenters. The summed E-state index contributed by atoms with van der Waals surface area (Å²) < 4.78 is 15.2. The molecule has 0 spiro atoms. The van der Waals surface area contributed by atoms with E-state index in [0.717, 1.165) is 12.1 Å². The Hall–Kier alpha value is -1.75. The molecule has 0 saturated carbocycles. The van der Waals surface area contributed by atoms with Crippen LogP contribution < -0.4 is 10.1 Å². The van der Waals surface area contributed by atoms with Crippen molar-refractivity contribution in [1.82, 2.24) is 0 Å². The van der Waals surface area contributed by atoms with Crippen molar-refractivity contribution in [2.75, 3.05) is 26.1 Å². The van der Waals surface area contributed by atoms with Gasteiger partial charge >= 0.3 is 5.97 Å². The predicted octanol–water partition coefficient (Wildman–Crippen LogP) is 2.85. The first-order valence-corrected chi connectivity index (χ1v) is 6.97. The Bertz CT molecular complexity index is 442. The molecule has 0 bridgehead atoms. The summed E-state index contributed by atoms with van der Waals surface area (Å²) in [6.45, 7) is 6.16. The zero-order valence-electron chi connectivity index (χ0n) is 13.4. The number of carbonyl (C=O) groups excluding carboxylic acids is 1. The van der Waals surface area contributed by atoms with E-state index in [1.807, 2.05) is 24.3 Å². The Kier molecular flexibility index (Phi) is 6.49. The molecule has 0 heterocycles. The highest BCUT2D eigenvalue weighted by atomic mass is 16.6. The van der Waals surface area contributed by atoms with Crippen LogP contribution in [-0.4, -0.2) is 38.4 Å². The van der Waals surface area contributed by atoms with Gasteiger partial charge in [-0.1, -0.05) is 0 Å².